The average Bonchev–Trinajstić information content (AvgIpc) is 2.97. The second-order valence-electron chi connectivity index (χ2n) is 4.48. The molecule has 1 heterocycles. The zero-order chi connectivity index (χ0) is 15.2. The Morgan fingerprint density at radius 1 is 1.33 bits per heavy atom. The summed E-state index contributed by atoms with van der Waals surface area (Å²) in [4.78, 5) is 15.1. The predicted molar refractivity (Wildman–Crippen MR) is 88.6 cm³/mol. The van der Waals surface area contributed by atoms with Crippen LogP contribution in [0.3, 0.4) is 0 Å². The third kappa shape index (κ3) is 4.27. The fourth-order valence-corrected chi connectivity index (χ4v) is 2.70. The van der Waals surface area contributed by atoms with Crippen LogP contribution in [0.2, 0.25) is 0 Å². The van der Waals surface area contributed by atoms with Crippen molar-refractivity contribution in [3.8, 4) is 5.75 Å². The number of ether oxygens (including phenoxy) is 1. The molecule has 0 spiro atoms. The highest BCUT2D eigenvalue weighted by atomic mass is 32.1. The van der Waals surface area contributed by atoms with Crippen molar-refractivity contribution in [2.75, 3.05) is 13.7 Å². The number of rotatable bonds is 6. The van der Waals surface area contributed by atoms with Gasteiger partial charge in [-0.25, -0.2) is 0 Å². The second-order valence-corrected chi connectivity index (χ2v) is 5.95. The Kier molecular flexibility index (Phi) is 5.30. The number of nitrogens with two attached hydrogens (primary N) is 1. The van der Waals surface area contributed by atoms with Gasteiger partial charge in [-0.05, 0) is 23.6 Å². The van der Waals surface area contributed by atoms with E-state index in [4.69, 9.17) is 22.7 Å². The van der Waals surface area contributed by atoms with E-state index in [9.17, 15) is 4.79 Å². The summed E-state index contributed by atoms with van der Waals surface area (Å²) < 4.78 is 5.55. The lowest BCUT2D eigenvalue weighted by Crippen LogP contribution is -2.31. The van der Waals surface area contributed by atoms with Crippen molar-refractivity contribution in [2.24, 2.45) is 5.73 Å². The Morgan fingerprint density at radius 3 is 2.76 bits per heavy atom. The summed E-state index contributed by atoms with van der Waals surface area (Å²) in [6.07, 6.45) is 0. The van der Waals surface area contributed by atoms with Crippen LogP contribution in [0.4, 0.5) is 0 Å². The van der Waals surface area contributed by atoms with E-state index in [0.717, 1.165) is 4.88 Å². The molecule has 0 radical (unpaired) electrons. The zero-order valence-electron chi connectivity index (χ0n) is 11.6. The lowest BCUT2D eigenvalue weighted by atomic mass is 10.2. The van der Waals surface area contributed by atoms with E-state index in [0.29, 0.717) is 17.9 Å². The highest BCUT2D eigenvalue weighted by Crippen LogP contribution is 2.18. The number of benzene rings is 1. The van der Waals surface area contributed by atoms with Crippen molar-refractivity contribution < 1.29 is 9.53 Å². The first-order chi connectivity index (χ1) is 10.1. The lowest BCUT2D eigenvalue weighted by molar-refractivity contribution is -0.132. The maximum atomic E-state index is 12.1. The fraction of sp³-hybridized carbons (Fsp3) is 0.200. The van der Waals surface area contributed by atoms with E-state index in [2.05, 4.69) is 0 Å². The Hall–Kier alpha value is -1.92. The average molecular weight is 320 g/mol. The van der Waals surface area contributed by atoms with Gasteiger partial charge in [-0.1, -0.05) is 30.4 Å². The van der Waals surface area contributed by atoms with Crippen LogP contribution < -0.4 is 10.5 Å². The van der Waals surface area contributed by atoms with Gasteiger partial charge in [0.1, 0.15) is 10.7 Å². The van der Waals surface area contributed by atoms with Gasteiger partial charge in [-0.3, -0.25) is 4.79 Å². The summed E-state index contributed by atoms with van der Waals surface area (Å²) in [5, 5.41) is 1.99. The number of thiophene rings is 1. The van der Waals surface area contributed by atoms with E-state index in [1.807, 2.05) is 29.6 Å². The Bertz CT molecular complexity index is 626. The standard InChI is InChI=1S/C15H16N2O2S2/c1-17(9-11-5-4-8-21-11)14(18)10-19-13-7-3-2-6-12(13)15(16)20/h2-8H,9-10H2,1H3,(H2,16,20). The fourth-order valence-electron chi connectivity index (χ4n) is 1.77. The molecule has 0 atom stereocenters. The number of hydrogen-bond donors (Lipinski definition) is 1. The minimum atomic E-state index is -0.0962. The summed E-state index contributed by atoms with van der Waals surface area (Å²) in [6.45, 7) is 0.540. The maximum Gasteiger partial charge on any atom is 0.260 e. The first kappa shape index (κ1) is 15.5. The molecule has 1 amide bonds. The number of nitrogens with zero attached hydrogens (tertiary/aromatic N) is 1. The van der Waals surface area contributed by atoms with E-state index in [1.54, 1.807) is 35.4 Å². The third-order valence-corrected chi connectivity index (χ3v) is 3.98. The molecule has 21 heavy (non-hydrogen) atoms. The first-order valence-electron chi connectivity index (χ1n) is 6.36. The molecule has 2 rings (SSSR count). The predicted octanol–water partition coefficient (Wildman–Crippen LogP) is 2.42. The minimum absolute atomic E-state index is 0.0402. The van der Waals surface area contributed by atoms with Gasteiger partial charge in [-0.15, -0.1) is 11.3 Å². The number of amides is 1. The van der Waals surface area contributed by atoms with Crippen LogP contribution in [-0.4, -0.2) is 29.5 Å². The van der Waals surface area contributed by atoms with Gasteiger partial charge in [0.25, 0.3) is 5.91 Å². The van der Waals surface area contributed by atoms with E-state index in [-0.39, 0.29) is 17.5 Å². The molecule has 0 saturated heterocycles. The van der Waals surface area contributed by atoms with Gasteiger partial charge in [0.2, 0.25) is 0 Å². The van der Waals surface area contributed by atoms with Gasteiger partial charge in [-0.2, -0.15) is 0 Å². The van der Waals surface area contributed by atoms with Crippen molar-refractivity contribution in [1.29, 1.82) is 0 Å². The first-order valence-corrected chi connectivity index (χ1v) is 7.64. The van der Waals surface area contributed by atoms with Gasteiger partial charge in [0.15, 0.2) is 6.61 Å². The molecular weight excluding hydrogens is 304 g/mol. The normalized spacial score (nSPS) is 10.1. The maximum absolute atomic E-state index is 12.1. The van der Waals surface area contributed by atoms with Crippen molar-refractivity contribution in [3.05, 3.63) is 52.2 Å². The molecule has 4 nitrogen and oxygen atoms in total. The second kappa shape index (κ2) is 7.19. The molecule has 2 N–H and O–H groups in total. The summed E-state index contributed by atoms with van der Waals surface area (Å²) in [5.74, 6) is 0.434. The van der Waals surface area contributed by atoms with Crippen LogP contribution in [0.5, 0.6) is 5.75 Å². The van der Waals surface area contributed by atoms with Crippen LogP contribution >= 0.6 is 23.6 Å². The molecular formula is C15H16N2O2S2. The van der Waals surface area contributed by atoms with Gasteiger partial charge < -0.3 is 15.4 Å². The molecule has 110 valence electrons. The van der Waals surface area contributed by atoms with E-state index < -0.39 is 0 Å². The number of hydrogen-bond acceptors (Lipinski definition) is 4. The number of para-hydroxylation sites is 1. The summed E-state index contributed by atoms with van der Waals surface area (Å²) >= 11 is 6.58. The summed E-state index contributed by atoms with van der Waals surface area (Å²) in [7, 11) is 1.75. The molecule has 0 saturated carbocycles. The van der Waals surface area contributed by atoms with Gasteiger partial charge in [0.05, 0.1) is 12.1 Å². The highest BCUT2D eigenvalue weighted by Gasteiger charge is 2.12. The lowest BCUT2D eigenvalue weighted by Gasteiger charge is -2.17. The molecule has 6 heteroatoms. The number of carbonyl (C=O) groups is 1. The van der Waals surface area contributed by atoms with Crippen LogP contribution in [0.25, 0.3) is 0 Å². The van der Waals surface area contributed by atoms with E-state index >= 15 is 0 Å². The molecule has 0 fully saturated rings. The molecule has 1 aromatic heterocycles. The molecule has 1 aromatic carbocycles. The SMILES string of the molecule is CN(Cc1cccs1)C(=O)COc1ccccc1C(N)=S. The van der Waals surface area contributed by atoms with Crippen molar-refractivity contribution in [3.63, 3.8) is 0 Å². The quantitative estimate of drug-likeness (QED) is 0.831. The zero-order valence-corrected chi connectivity index (χ0v) is 13.2. The molecule has 0 bridgehead atoms. The number of likely N-dealkylation sites (N-methyl/N-ethyl adjacent to an activating group) is 1. The van der Waals surface area contributed by atoms with Gasteiger partial charge in [0, 0.05) is 11.9 Å². The summed E-state index contributed by atoms with van der Waals surface area (Å²) in [6, 6.07) is 11.1. The highest BCUT2D eigenvalue weighted by molar-refractivity contribution is 7.80. The summed E-state index contributed by atoms with van der Waals surface area (Å²) in [5.41, 5.74) is 6.27. The van der Waals surface area contributed by atoms with Crippen molar-refractivity contribution >= 4 is 34.5 Å². The Morgan fingerprint density at radius 2 is 2.10 bits per heavy atom. The molecule has 0 unspecified atom stereocenters. The molecule has 0 aliphatic heterocycles. The van der Waals surface area contributed by atoms with Crippen LogP contribution in [-0.2, 0) is 11.3 Å². The van der Waals surface area contributed by atoms with Crippen molar-refractivity contribution in [1.82, 2.24) is 4.90 Å². The van der Waals surface area contributed by atoms with Crippen LogP contribution in [0.1, 0.15) is 10.4 Å². The Labute approximate surface area is 133 Å². The van der Waals surface area contributed by atoms with Gasteiger partial charge >= 0.3 is 0 Å². The minimum Gasteiger partial charge on any atom is -0.483 e. The van der Waals surface area contributed by atoms with Crippen LogP contribution in [0.15, 0.2) is 41.8 Å². The van der Waals surface area contributed by atoms with E-state index in [1.165, 1.54) is 0 Å². The molecule has 0 aliphatic rings. The monoisotopic (exact) mass is 320 g/mol. The largest absolute Gasteiger partial charge is 0.483 e. The molecule has 0 aliphatic carbocycles. The molecule has 2 aromatic rings. The van der Waals surface area contributed by atoms with Crippen LogP contribution in [0, 0.1) is 0 Å². The smallest absolute Gasteiger partial charge is 0.260 e. The Balaban J connectivity index is 1.93. The number of carbonyl (C=O) groups excluding carboxylic acids is 1. The topological polar surface area (TPSA) is 55.6 Å². The van der Waals surface area contributed by atoms with Crippen molar-refractivity contribution in [2.45, 2.75) is 6.54 Å². The number of thiocarbonyl (C=S) groups is 1. The third-order valence-electron chi connectivity index (χ3n) is 2.90.